The third-order valence-corrected chi connectivity index (χ3v) is 2.86. The van der Waals surface area contributed by atoms with Gasteiger partial charge in [0.25, 0.3) is 0 Å². The summed E-state index contributed by atoms with van der Waals surface area (Å²) in [6.07, 6.45) is 0. The average Bonchev–Trinajstić information content (AvgIpc) is 2.19. The van der Waals surface area contributed by atoms with Gasteiger partial charge in [-0.15, -0.1) is 0 Å². The Hall–Kier alpha value is -0.490. The molecule has 0 aliphatic rings. The summed E-state index contributed by atoms with van der Waals surface area (Å²) in [6, 6.07) is 1.15. The lowest BCUT2D eigenvalue weighted by Gasteiger charge is -2.05. The van der Waals surface area contributed by atoms with Crippen LogP contribution >= 0.6 is 31.9 Å². The molecule has 2 nitrogen and oxygen atoms in total. The van der Waals surface area contributed by atoms with Gasteiger partial charge in [0.15, 0.2) is 11.6 Å². The molecule has 6 heteroatoms. The van der Waals surface area contributed by atoms with E-state index in [0.29, 0.717) is 0 Å². The lowest BCUT2D eigenvalue weighted by Crippen LogP contribution is -2.05. The maximum absolute atomic E-state index is 13.1. The Balaban J connectivity index is 3.40. The van der Waals surface area contributed by atoms with Crippen molar-refractivity contribution >= 4 is 37.8 Å². The van der Waals surface area contributed by atoms with Gasteiger partial charge in [0, 0.05) is 0 Å². The summed E-state index contributed by atoms with van der Waals surface area (Å²) in [5.41, 5.74) is -0.0710. The highest BCUT2D eigenvalue weighted by Crippen LogP contribution is 2.29. The van der Waals surface area contributed by atoms with Crippen LogP contribution in [0.5, 0.6) is 0 Å². The summed E-state index contributed by atoms with van der Waals surface area (Å²) in [7, 11) is 1.16. The Morgan fingerprint density at radius 2 is 1.93 bits per heavy atom. The van der Waals surface area contributed by atoms with E-state index in [-0.39, 0.29) is 14.5 Å². The van der Waals surface area contributed by atoms with Crippen molar-refractivity contribution in [2.45, 2.75) is 0 Å². The van der Waals surface area contributed by atoms with Crippen LogP contribution in [0.15, 0.2) is 15.0 Å². The Labute approximate surface area is 95.5 Å². The molecular formula is C8H4Br2F2O2. The van der Waals surface area contributed by atoms with Crippen LogP contribution in [-0.4, -0.2) is 13.1 Å². The number of esters is 1. The molecular weight excluding hydrogens is 326 g/mol. The minimum absolute atomic E-state index is 0.0710. The van der Waals surface area contributed by atoms with Gasteiger partial charge in [-0.3, -0.25) is 0 Å². The van der Waals surface area contributed by atoms with Crippen LogP contribution in [0, 0.1) is 11.6 Å². The molecule has 0 heterocycles. The van der Waals surface area contributed by atoms with Crippen molar-refractivity contribution < 1.29 is 18.3 Å². The number of ether oxygens (including phenoxy) is 1. The molecule has 0 saturated heterocycles. The number of rotatable bonds is 1. The predicted octanol–water partition coefficient (Wildman–Crippen LogP) is 3.28. The zero-order chi connectivity index (χ0) is 10.9. The molecule has 1 aromatic rings. The van der Waals surface area contributed by atoms with E-state index in [9.17, 15) is 13.6 Å². The summed E-state index contributed by atoms with van der Waals surface area (Å²) < 4.78 is 30.0. The van der Waals surface area contributed by atoms with E-state index in [1.807, 2.05) is 0 Å². The van der Waals surface area contributed by atoms with Crippen molar-refractivity contribution in [1.29, 1.82) is 0 Å². The molecule has 0 atom stereocenters. The fraction of sp³-hybridized carbons (Fsp3) is 0.125. The largest absolute Gasteiger partial charge is 0.465 e. The highest BCUT2D eigenvalue weighted by molar-refractivity contribution is 9.11. The molecule has 0 N–H and O–H groups in total. The summed E-state index contributed by atoms with van der Waals surface area (Å²) in [6.45, 7) is 0. The van der Waals surface area contributed by atoms with Crippen LogP contribution < -0.4 is 0 Å². The lowest BCUT2D eigenvalue weighted by atomic mass is 10.2. The first-order valence-corrected chi connectivity index (χ1v) is 4.99. The van der Waals surface area contributed by atoms with Gasteiger partial charge < -0.3 is 4.74 Å². The highest BCUT2D eigenvalue weighted by atomic mass is 79.9. The first kappa shape index (κ1) is 11.6. The summed E-state index contributed by atoms with van der Waals surface area (Å²) in [5.74, 6) is -2.92. The van der Waals surface area contributed by atoms with E-state index in [0.717, 1.165) is 13.2 Å². The maximum Gasteiger partial charge on any atom is 0.339 e. The number of methoxy groups -OCH3 is 1. The second kappa shape index (κ2) is 4.35. The molecule has 0 radical (unpaired) electrons. The smallest absolute Gasteiger partial charge is 0.339 e. The third-order valence-electron chi connectivity index (χ3n) is 1.51. The molecule has 14 heavy (non-hydrogen) atoms. The SMILES string of the molecule is COC(=O)c1cc(Br)c(F)c(F)c1Br. The van der Waals surface area contributed by atoms with Crippen LogP contribution in [0.2, 0.25) is 0 Å². The minimum atomic E-state index is -1.13. The maximum atomic E-state index is 13.1. The molecule has 0 amide bonds. The molecule has 0 aliphatic carbocycles. The van der Waals surface area contributed by atoms with Crippen molar-refractivity contribution in [1.82, 2.24) is 0 Å². The normalized spacial score (nSPS) is 10.1. The van der Waals surface area contributed by atoms with E-state index in [4.69, 9.17) is 0 Å². The van der Waals surface area contributed by atoms with E-state index >= 15 is 0 Å². The zero-order valence-electron chi connectivity index (χ0n) is 6.91. The standard InChI is InChI=1S/C8H4Br2F2O2/c1-14-8(13)3-2-4(9)6(11)7(12)5(3)10/h2H,1H3. The molecule has 0 spiro atoms. The number of hydrogen-bond acceptors (Lipinski definition) is 2. The second-order valence-electron chi connectivity index (χ2n) is 2.34. The topological polar surface area (TPSA) is 26.3 Å². The van der Waals surface area contributed by atoms with E-state index in [2.05, 4.69) is 36.6 Å². The molecule has 0 unspecified atom stereocenters. The van der Waals surface area contributed by atoms with Gasteiger partial charge in [-0.05, 0) is 37.9 Å². The summed E-state index contributed by atoms with van der Waals surface area (Å²) >= 11 is 5.55. The average molecular weight is 330 g/mol. The predicted molar refractivity (Wildman–Crippen MR) is 53.1 cm³/mol. The molecule has 0 bridgehead atoms. The van der Waals surface area contributed by atoms with Gasteiger partial charge in [-0.1, -0.05) is 0 Å². The minimum Gasteiger partial charge on any atom is -0.465 e. The fourth-order valence-corrected chi connectivity index (χ4v) is 1.68. The molecule has 1 aromatic carbocycles. The molecule has 0 saturated carbocycles. The number of hydrogen-bond donors (Lipinski definition) is 0. The Kier molecular flexibility index (Phi) is 3.60. The summed E-state index contributed by atoms with van der Waals surface area (Å²) in [4.78, 5) is 11.1. The monoisotopic (exact) mass is 328 g/mol. The first-order chi connectivity index (χ1) is 6.49. The number of carbonyl (C=O) groups is 1. The molecule has 0 fully saturated rings. The summed E-state index contributed by atoms with van der Waals surface area (Å²) in [5, 5.41) is 0. The van der Waals surface area contributed by atoms with Gasteiger partial charge in [-0.2, -0.15) is 0 Å². The van der Waals surface area contributed by atoms with Crippen molar-refractivity contribution in [3.8, 4) is 0 Å². The third kappa shape index (κ3) is 1.95. The van der Waals surface area contributed by atoms with E-state index < -0.39 is 17.6 Å². The highest BCUT2D eigenvalue weighted by Gasteiger charge is 2.20. The molecule has 76 valence electrons. The van der Waals surface area contributed by atoms with Crippen LogP contribution in [0.25, 0.3) is 0 Å². The Bertz CT molecular complexity index is 393. The van der Waals surface area contributed by atoms with Crippen LogP contribution in [0.3, 0.4) is 0 Å². The van der Waals surface area contributed by atoms with Gasteiger partial charge in [0.05, 0.1) is 21.6 Å². The van der Waals surface area contributed by atoms with Gasteiger partial charge in [-0.25, -0.2) is 13.6 Å². The molecule has 1 rings (SSSR count). The van der Waals surface area contributed by atoms with E-state index in [1.165, 1.54) is 0 Å². The van der Waals surface area contributed by atoms with Gasteiger partial charge in [0.2, 0.25) is 0 Å². The number of benzene rings is 1. The molecule has 0 aliphatic heterocycles. The van der Waals surface area contributed by atoms with Gasteiger partial charge >= 0.3 is 5.97 Å². The second-order valence-corrected chi connectivity index (χ2v) is 3.99. The van der Waals surface area contributed by atoms with E-state index in [1.54, 1.807) is 0 Å². The number of halogens is 4. The quantitative estimate of drug-likeness (QED) is 0.449. The fourth-order valence-electron chi connectivity index (χ4n) is 0.831. The van der Waals surface area contributed by atoms with Crippen LogP contribution in [0.1, 0.15) is 10.4 Å². The zero-order valence-corrected chi connectivity index (χ0v) is 10.1. The number of carbonyl (C=O) groups excluding carboxylic acids is 1. The van der Waals surface area contributed by atoms with Crippen molar-refractivity contribution in [3.05, 3.63) is 32.2 Å². The Morgan fingerprint density at radius 3 is 2.43 bits per heavy atom. The van der Waals surface area contributed by atoms with Crippen molar-refractivity contribution in [3.63, 3.8) is 0 Å². The van der Waals surface area contributed by atoms with Crippen LogP contribution in [0.4, 0.5) is 8.78 Å². The lowest BCUT2D eigenvalue weighted by molar-refractivity contribution is 0.0598. The van der Waals surface area contributed by atoms with Gasteiger partial charge in [0.1, 0.15) is 0 Å². The Morgan fingerprint density at radius 1 is 1.36 bits per heavy atom. The van der Waals surface area contributed by atoms with Crippen LogP contribution in [-0.2, 0) is 4.74 Å². The van der Waals surface area contributed by atoms with Crippen molar-refractivity contribution in [2.24, 2.45) is 0 Å². The first-order valence-electron chi connectivity index (χ1n) is 3.40. The van der Waals surface area contributed by atoms with Crippen molar-refractivity contribution in [2.75, 3.05) is 7.11 Å². The molecule has 0 aromatic heterocycles.